The lowest BCUT2D eigenvalue weighted by Crippen LogP contribution is -2.53. The van der Waals surface area contributed by atoms with Crippen molar-refractivity contribution in [2.45, 2.75) is 96.1 Å². The van der Waals surface area contributed by atoms with E-state index in [0.717, 1.165) is 18.1 Å². The lowest BCUT2D eigenvalue weighted by Gasteiger charge is -2.34. The summed E-state index contributed by atoms with van der Waals surface area (Å²) in [6.07, 6.45) is -0.464. The smallest absolute Gasteiger partial charge is 0.341 e. The van der Waals surface area contributed by atoms with Crippen LogP contribution in [0.4, 0.5) is 0 Å². The van der Waals surface area contributed by atoms with Crippen LogP contribution in [0.1, 0.15) is 54.4 Å². The van der Waals surface area contributed by atoms with Crippen LogP contribution in [0, 0.1) is 0 Å². The van der Waals surface area contributed by atoms with Crippen LogP contribution < -0.4 is 0 Å². The minimum Gasteiger partial charge on any atom is -0.467 e. The van der Waals surface area contributed by atoms with Gasteiger partial charge in [0.1, 0.15) is 0 Å². The molecule has 0 aromatic heterocycles. The lowest BCUT2D eigenvalue weighted by atomic mass is 9.90. The lowest BCUT2D eigenvalue weighted by molar-refractivity contribution is -0.189. The Labute approximate surface area is 164 Å². The molecule has 0 bridgehead atoms. The Kier molecular flexibility index (Phi) is 8.46. The van der Waals surface area contributed by atoms with Gasteiger partial charge in [0.15, 0.2) is 20.2 Å². The van der Waals surface area contributed by atoms with Crippen molar-refractivity contribution in [3.8, 4) is 0 Å². The number of carbonyl (C=O) groups is 2. The molecule has 1 aliphatic rings. The summed E-state index contributed by atoms with van der Waals surface area (Å²) in [7, 11) is 0.761. The maximum absolute atomic E-state index is 12.7. The number of hydrogen-bond donors (Lipinski definition) is 0. The summed E-state index contributed by atoms with van der Waals surface area (Å²) in [6, 6.07) is 3.14. The fraction of sp³-hybridized carbons (Fsp3) is 0.895. The molecule has 1 aliphatic heterocycles. The molecule has 0 radical (unpaired) electrons. The first-order chi connectivity index (χ1) is 12.5. The van der Waals surface area contributed by atoms with E-state index in [2.05, 4.69) is 20.8 Å². The van der Waals surface area contributed by atoms with E-state index < -0.39 is 37.7 Å². The van der Waals surface area contributed by atoms with Gasteiger partial charge in [0.05, 0.1) is 14.2 Å². The number of carbonyl (C=O) groups excluding carboxylic acids is 2. The highest BCUT2D eigenvalue weighted by atomic mass is 28.4. The molecule has 158 valence electrons. The second-order valence-corrected chi connectivity index (χ2v) is 12.3. The molecule has 0 spiro atoms. The van der Waals surface area contributed by atoms with Gasteiger partial charge in [-0.15, -0.1) is 0 Å². The van der Waals surface area contributed by atoms with Gasteiger partial charge in [-0.3, -0.25) is 0 Å². The molecule has 27 heavy (non-hydrogen) atoms. The number of ether oxygens (including phenoxy) is 4. The van der Waals surface area contributed by atoms with Crippen molar-refractivity contribution in [2.75, 3.05) is 14.2 Å². The van der Waals surface area contributed by atoms with E-state index >= 15 is 0 Å². The summed E-state index contributed by atoms with van der Waals surface area (Å²) in [5.41, 5.74) is -1.54. The molecule has 0 aromatic carbocycles. The molecule has 0 N–H and O–H groups in total. The molecule has 0 amide bonds. The molecule has 0 aliphatic carbocycles. The van der Waals surface area contributed by atoms with Gasteiger partial charge in [0, 0.05) is 6.10 Å². The Morgan fingerprint density at radius 3 is 2.07 bits per heavy atom. The molecule has 1 unspecified atom stereocenters. The Morgan fingerprint density at radius 2 is 1.63 bits per heavy atom. The molecule has 7 nitrogen and oxygen atoms in total. The van der Waals surface area contributed by atoms with Crippen molar-refractivity contribution in [1.29, 1.82) is 0 Å². The first-order valence-electron chi connectivity index (χ1n) is 9.77. The van der Waals surface area contributed by atoms with Gasteiger partial charge in [0.25, 0.3) is 0 Å². The van der Waals surface area contributed by atoms with E-state index in [-0.39, 0.29) is 12.5 Å². The van der Waals surface area contributed by atoms with Crippen LogP contribution in [0.5, 0.6) is 0 Å². The van der Waals surface area contributed by atoms with Crippen molar-refractivity contribution in [3.05, 3.63) is 0 Å². The predicted octanol–water partition coefficient (Wildman–Crippen LogP) is 3.41. The summed E-state index contributed by atoms with van der Waals surface area (Å²) in [6.45, 7) is 11.8. The van der Waals surface area contributed by atoms with Gasteiger partial charge >= 0.3 is 11.9 Å². The van der Waals surface area contributed by atoms with E-state index in [0.29, 0.717) is 6.42 Å². The van der Waals surface area contributed by atoms with Gasteiger partial charge in [-0.1, -0.05) is 20.8 Å². The molecule has 1 saturated heterocycles. The molecule has 1 fully saturated rings. The second-order valence-electron chi connectivity index (χ2n) is 7.61. The largest absolute Gasteiger partial charge is 0.467 e. The van der Waals surface area contributed by atoms with E-state index in [9.17, 15) is 9.59 Å². The van der Waals surface area contributed by atoms with E-state index in [1.807, 2.05) is 6.92 Å². The van der Waals surface area contributed by atoms with E-state index in [1.165, 1.54) is 14.2 Å². The Hall–Kier alpha value is -0.963. The van der Waals surface area contributed by atoms with Gasteiger partial charge in [-0.2, -0.15) is 0 Å². The average molecular weight is 405 g/mol. The summed E-state index contributed by atoms with van der Waals surface area (Å²) < 4.78 is 27.9. The zero-order valence-corrected chi connectivity index (χ0v) is 19.0. The van der Waals surface area contributed by atoms with Crippen molar-refractivity contribution < 1.29 is 33.0 Å². The number of esters is 2. The van der Waals surface area contributed by atoms with Gasteiger partial charge in [-0.25, -0.2) is 9.59 Å². The molecule has 3 atom stereocenters. The molecule has 0 saturated carbocycles. The Bertz CT molecular complexity index is 510. The van der Waals surface area contributed by atoms with Crippen LogP contribution in [0.25, 0.3) is 0 Å². The van der Waals surface area contributed by atoms with Crippen molar-refractivity contribution >= 4 is 20.3 Å². The summed E-state index contributed by atoms with van der Waals surface area (Å²) >= 11 is 0. The topological polar surface area (TPSA) is 80.3 Å². The second kappa shape index (κ2) is 9.49. The third-order valence-corrected chi connectivity index (χ3v) is 10.3. The summed E-state index contributed by atoms with van der Waals surface area (Å²) in [5, 5.41) is 0. The van der Waals surface area contributed by atoms with Crippen molar-refractivity contribution in [2.24, 2.45) is 0 Å². The van der Waals surface area contributed by atoms with Crippen LogP contribution in [-0.2, 0) is 33.0 Å². The van der Waals surface area contributed by atoms with E-state index in [1.54, 1.807) is 13.8 Å². The van der Waals surface area contributed by atoms with Crippen LogP contribution in [0.15, 0.2) is 0 Å². The van der Waals surface area contributed by atoms with Crippen LogP contribution in [0.3, 0.4) is 0 Å². The fourth-order valence-electron chi connectivity index (χ4n) is 3.75. The molecule has 0 aromatic rings. The quantitative estimate of drug-likeness (QED) is 0.408. The normalized spacial score (nSPS) is 25.9. The summed E-state index contributed by atoms with van der Waals surface area (Å²) in [5.74, 6) is -2.40. The molecular weight excluding hydrogens is 368 g/mol. The standard InChI is InChI=1S/C19H36O7Si/c1-9-27(10-2,11-3)25-14(4)12-13-19(17(21)23-8)15(16(20)22-7)24-18(5,6)26-19/h14-15H,9-13H2,1-8H3/t14?,15-,19+/m0/s1. The minimum atomic E-state index is -1.77. The third kappa shape index (κ3) is 5.31. The van der Waals surface area contributed by atoms with Crippen LogP contribution >= 0.6 is 0 Å². The Morgan fingerprint density at radius 1 is 1.07 bits per heavy atom. The highest BCUT2D eigenvalue weighted by Crippen LogP contribution is 2.41. The molecular formula is C19H36O7Si. The zero-order chi connectivity index (χ0) is 20.9. The minimum absolute atomic E-state index is 0.0661. The number of hydrogen-bond acceptors (Lipinski definition) is 7. The maximum Gasteiger partial charge on any atom is 0.341 e. The molecule has 8 heteroatoms. The molecule has 1 heterocycles. The maximum atomic E-state index is 12.7. The van der Waals surface area contributed by atoms with E-state index in [4.69, 9.17) is 23.4 Å². The van der Waals surface area contributed by atoms with Gasteiger partial charge < -0.3 is 23.4 Å². The third-order valence-electron chi connectivity index (χ3n) is 5.51. The molecule has 1 rings (SSSR count). The zero-order valence-electron chi connectivity index (χ0n) is 18.0. The van der Waals surface area contributed by atoms with Crippen LogP contribution in [0.2, 0.25) is 18.1 Å². The van der Waals surface area contributed by atoms with Crippen molar-refractivity contribution in [1.82, 2.24) is 0 Å². The van der Waals surface area contributed by atoms with Gasteiger partial charge in [-0.05, 0) is 51.7 Å². The van der Waals surface area contributed by atoms with Crippen molar-refractivity contribution in [3.63, 3.8) is 0 Å². The number of methoxy groups -OCH3 is 2. The SMILES string of the molecule is CC[Si](CC)(CC)OC(C)CC[C@@]1(C(=O)OC)OC(C)(C)O[C@H]1C(=O)OC. The van der Waals surface area contributed by atoms with Crippen LogP contribution in [-0.4, -0.2) is 58.1 Å². The summed E-state index contributed by atoms with van der Waals surface area (Å²) in [4.78, 5) is 24.9. The van der Waals surface area contributed by atoms with Gasteiger partial charge in [0.2, 0.25) is 5.60 Å². The first kappa shape index (κ1) is 24.1. The fourth-order valence-corrected chi connectivity index (χ4v) is 6.72. The first-order valence-corrected chi connectivity index (χ1v) is 12.3. The Balaban J connectivity index is 3.04. The monoisotopic (exact) mass is 404 g/mol. The highest BCUT2D eigenvalue weighted by Gasteiger charge is 2.62. The number of rotatable bonds is 10. The average Bonchev–Trinajstić information content (AvgIpc) is 2.95. The predicted molar refractivity (Wildman–Crippen MR) is 104 cm³/mol. The highest BCUT2D eigenvalue weighted by molar-refractivity contribution is 6.73.